The largest absolute Gasteiger partial charge is 0.573 e. The highest BCUT2D eigenvalue weighted by molar-refractivity contribution is 9.10. The molecule has 0 spiro atoms. The van der Waals surface area contributed by atoms with Gasteiger partial charge in [0, 0.05) is 23.1 Å². The number of carbonyl (C=O) groups excluding carboxylic acids is 1. The number of benzene rings is 2. The smallest absolute Gasteiger partial charge is 0.406 e. The van der Waals surface area contributed by atoms with Gasteiger partial charge in [0.05, 0.1) is 21.8 Å². The van der Waals surface area contributed by atoms with Crippen molar-refractivity contribution in [2.24, 2.45) is 12.2 Å². The minimum absolute atomic E-state index is 0.106. The van der Waals surface area contributed by atoms with E-state index in [1.54, 1.807) is 11.6 Å². The third kappa shape index (κ3) is 3.74. The molecule has 1 heterocycles. The molecule has 1 amide bonds. The van der Waals surface area contributed by atoms with Gasteiger partial charge in [0.2, 0.25) is 5.91 Å². The molecule has 0 saturated carbocycles. The molecular formula is C16H9BrF3N5O2. The Hall–Kier alpha value is -3.04. The Labute approximate surface area is 158 Å². The van der Waals surface area contributed by atoms with Crippen LogP contribution in [-0.2, 0) is 7.05 Å². The summed E-state index contributed by atoms with van der Waals surface area (Å²) < 4.78 is 42.9. The van der Waals surface area contributed by atoms with Crippen molar-refractivity contribution in [3.8, 4) is 16.9 Å². The fourth-order valence-electron chi connectivity index (χ4n) is 2.60. The van der Waals surface area contributed by atoms with Gasteiger partial charge in [-0.2, -0.15) is 0 Å². The van der Waals surface area contributed by atoms with Crippen molar-refractivity contribution in [3.05, 3.63) is 57.1 Å². The summed E-state index contributed by atoms with van der Waals surface area (Å²) in [5, 5.41) is 3.10. The Bertz CT molecular complexity index is 1090. The molecule has 0 aliphatic heterocycles. The number of imidazole rings is 1. The lowest BCUT2D eigenvalue weighted by molar-refractivity contribution is -0.274. The number of hydrogen-bond acceptors (Lipinski definition) is 3. The van der Waals surface area contributed by atoms with Crippen LogP contribution in [0.5, 0.6) is 5.75 Å². The zero-order chi connectivity index (χ0) is 19.8. The third-order valence-corrected chi connectivity index (χ3v) is 4.49. The Morgan fingerprint density at radius 2 is 2.00 bits per heavy atom. The molecule has 27 heavy (non-hydrogen) atoms. The van der Waals surface area contributed by atoms with E-state index in [1.165, 1.54) is 24.5 Å². The van der Waals surface area contributed by atoms with Crippen molar-refractivity contribution >= 4 is 32.9 Å². The van der Waals surface area contributed by atoms with Crippen molar-refractivity contribution < 1.29 is 22.7 Å². The van der Waals surface area contributed by atoms with Crippen LogP contribution in [0.4, 0.5) is 13.2 Å². The van der Waals surface area contributed by atoms with Gasteiger partial charge in [-0.15, -0.1) is 13.2 Å². The fourth-order valence-corrected chi connectivity index (χ4v) is 3.35. The maximum Gasteiger partial charge on any atom is 0.573 e. The number of nitrogens with zero attached hydrogens (tertiary/aromatic N) is 5. The quantitative estimate of drug-likeness (QED) is 0.312. The molecule has 0 saturated heterocycles. The lowest BCUT2D eigenvalue weighted by atomic mass is 10.0. The molecule has 0 aliphatic carbocycles. The fraction of sp³-hybridized carbons (Fsp3) is 0.125. The summed E-state index contributed by atoms with van der Waals surface area (Å²) in [6.07, 6.45) is -3.26. The molecule has 7 nitrogen and oxygen atoms in total. The lowest BCUT2D eigenvalue weighted by Gasteiger charge is -2.11. The van der Waals surface area contributed by atoms with Gasteiger partial charge in [-0.1, -0.05) is 12.1 Å². The summed E-state index contributed by atoms with van der Waals surface area (Å²) >= 11 is 3.32. The van der Waals surface area contributed by atoms with Crippen molar-refractivity contribution in [2.75, 3.05) is 0 Å². The molecule has 1 aromatic heterocycles. The first-order valence-electron chi connectivity index (χ1n) is 7.30. The number of aryl methyl sites for hydroxylation is 1. The number of alkyl halides is 3. The lowest BCUT2D eigenvalue weighted by Crippen LogP contribution is -2.16. The summed E-state index contributed by atoms with van der Waals surface area (Å²) in [4.78, 5) is 18.9. The Morgan fingerprint density at radius 1 is 1.33 bits per heavy atom. The number of aromatic nitrogens is 2. The van der Waals surface area contributed by atoms with E-state index in [2.05, 4.69) is 35.7 Å². The minimum atomic E-state index is -4.79. The van der Waals surface area contributed by atoms with Crippen LogP contribution in [0.1, 0.15) is 10.4 Å². The number of amides is 1. The van der Waals surface area contributed by atoms with Gasteiger partial charge >= 0.3 is 6.36 Å². The maximum atomic E-state index is 12.3. The van der Waals surface area contributed by atoms with Gasteiger partial charge in [0.1, 0.15) is 5.75 Å². The molecule has 138 valence electrons. The highest BCUT2D eigenvalue weighted by Crippen LogP contribution is 2.36. The topological polar surface area (TPSA) is 92.9 Å². The summed E-state index contributed by atoms with van der Waals surface area (Å²) in [6.45, 7) is 0. The number of hydrogen-bond donors (Lipinski definition) is 0. The Kier molecular flexibility index (Phi) is 4.81. The summed E-state index contributed by atoms with van der Waals surface area (Å²) in [7, 11) is 1.71. The van der Waals surface area contributed by atoms with E-state index in [0.29, 0.717) is 26.6 Å². The summed E-state index contributed by atoms with van der Waals surface area (Å²) in [5.41, 5.74) is 10.7. The summed E-state index contributed by atoms with van der Waals surface area (Å²) in [5.74, 6) is -1.17. The van der Waals surface area contributed by atoms with E-state index < -0.39 is 12.3 Å². The molecule has 0 aliphatic rings. The van der Waals surface area contributed by atoms with Crippen molar-refractivity contribution in [2.45, 2.75) is 6.36 Å². The monoisotopic (exact) mass is 439 g/mol. The van der Waals surface area contributed by atoms with Gasteiger partial charge in [-0.3, -0.25) is 4.79 Å². The highest BCUT2D eigenvalue weighted by atomic mass is 79.9. The minimum Gasteiger partial charge on any atom is -0.406 e. The number of fused-ring (bicyclic) bond motifs is 1. The average molecular weight is 440 g/mol. The van der Waals surface area contributed by atoms with Gasteiger partial charge in [-0.05, 0) is 50.3 Å². The molecule has 3 rings (SSSR count). The third-order valence-electron chi connectivity index (χ3n) is 3.69. The van der Waals surface area contributed by atoms with Crippen LogP contribution in [0.3, 0.4) is 0 Å². The first kappa shape index (κ1) is 18.7. The second kappa shape index (κ2) is 6.93. The van der Waals surface area contributed by atoms with Crippen LogP contribution in [-0.4, -0.2) is 21.8 Å². The van der Waals surface area contributed by atoms with Gasteiger partial charge in [-0.25, -0.2) is 4.98 Å². The molecule has 0 atom stereocenters. The van der Waals surface area contributed by atoms with Crippen LogP contribution >= 0.6 is 15.9 Å². The van der Waals surface area contributed by atoms with Gasteiger partial charge < -0.3 is 9.30 Å². The van der Waals surface area contributed by atoms with Crippen molar-refractivity contribution in [1.29, 1.82) is 0 Å². The molecule has 0 bridgehead atoms. The second-order valence-corrected chi connectivity index (χ2v) is 6.20. The van der Waals surface area contributed by atoms with E-state index in [-0.39, 0.29) is 11.3 Å². The normalized spacial score (nSPS) is 11.3. The number of carbonyl (C=O) groups is 1. The zero-order valence-electron chi connectivity index (χ0n) is 13.5. The van der Waals surface area contributed by atoms with Gasteiger partial charge in [0.25, 0.3) is 0 Å². The zero-order valence-corrected chi connectivity index (χ0v) is 15.1. The Morgan fingerprint density at radius 3 is 2.59 bits per heavy atom. The van der Waals surface area contributed by atoms with Crippen LogP contribution in [0.25, 0.3) is 32.6 Å². The van der Waals surface area contributed by atoms with E-state index in [1.807, 2.05) is 0 Å². The SMILES string of the molecule is Cn1cnc2c(-c3ccc(OC(F)(F)F)cc3)cc(C(=O)N=[N+]=[N-])c(Br)c21. The molecule has 2 aromatic carbocycles. The molecular weight excluding hydrogens is 431 g/mol. The molecule has 3 aromatic rings. The maximum absolute atomic E-state index is 12.3. The predicted molar refractivity (Wildman–Crippen MR) is 94.0 cm³/mol. The molecule has 0 unspecified atom stereocenters. The van der Waals surface area contributed by atoms with Crippen molar-refractivity contribution in [3.63, 3.8) is 0 Å². The number of ether oxygens (including phenoxy) is 1. The summed E-state index contributed by atoms with van der Waals surface area (Å²) in [6, 6.07) is 6.62. The Balaban J connectivity index is 2.18. The number of azide groups is 1. The standard InChI is InChI=1S/C16H9BrF3N5O2/c1-25-7-22-13-10(6-11(12(17)14(13)25)15(26)23-24-21)8-2-4-9(5-3-8)27-16(18,19)20/h2-7H,1H3. The van der Waals surface area contributed by atoms with E-state index in [9.17, 15) is 18.0 Å². The predicted octanol–water partition coefficient (Wildman–Crippen LogP) is 5.35. The molecule has 11 heteroatoms. The van der Waals surface area contributed by atoms with E-state index in [4.69, 9.17) is 5.53 Å². The van der Waals surface area contributed by atoms with E-state index in [0.717, 1.165) is 12.1 Å². The highest BCUT2D eigenvalue weighted by Gasteiger charge is 2.31. The van der Waals surface area contributed by atoms with Crippen LogP contribution in [0.15, 0.2) is 46.2 Å². The van der Waals surface area contributed by atoms with Crippen LogP contribution in [0, 0.1) is 0 Å². The number of rotatable bonds is 3. The molecule has 0 radical (unpaired) electrons. The van der Waals surface area contributed by atoms with Gasteiger partial charge in [0.15, 0.2) is 0 Å². The van der Waals surface area contributed by atoms with Crippen LogP contribution in [0.2, 0.25) is 0 Å². The second-order valence-electron chi connectivity index (χ2n) is 5.41. The first-order chi connectivity index (χ1) is 12.7. The molecule has 0 fully saturated rings. The van der Waals surface area contributed by atoms with E-state index >= 15 is 0 Å². The van der Waals surface area contributed by atoms with Crippen LogP contribution < -0.4 is 4.74 Å². The number of halogens is 4. The average Bonchev–Trinajstić information content (AvgIpc) is 2.97. The van der Waals surface area contributed by atoms with Crippen molar-refractivity contribution in [1.82, 2.24) is 9.55 Å². The first-order valence-corrected chi connectivity index (χ1v) is 8.09. The molecule has 0 N–H and O–H groups in total.